The van der Waals surface area contributed by atoms with Gasteiger partial charge in [0.25, 0.3) is 0 Å². The number of hydrogen-bond donors (Lipinski definition) is 0. The third kappa shape index (κ3) is 2.71. The zero-order valence-corrected chi connectivity index (χ0v) is 11.1. The van der Waals surface area contributed by atoms with Gasteiger partial charge in [-0.25, -0.2) is 0 Å². The number of allylic oxidation sites excluding steroid dienone is 1. The van der Waals surface area contributed by atoms with Crippen molar-refractivity contribution in [1.82, 2.24) is 0 Å². The van der Waals surface area contributed by atoms with Crippen molar-refractivity contribution >= 4 is 5.69 Å². The maximum Gasteiger partial charge on any atom is 0.0443 e. The molecule has 1 aliphatic rings. The summed E-state index contributed by atoms with van der Waals surface area (Å²) < 4.78 is 0. The van der Waals surface area contributed by atoms with Crippen LogP contribution in [0.4, 0.5) is 5.69 Å². The molecule has 0 spiro atoms. The van der Waals surface area contributed by atoms with E-state index in [2.05, 4.69) is 43.5 Å². The molecule has 0 aliphatic carbocycles. The van der Waals surface area contributed by atoms with Crippen molar-refractivity contribution in [3.05, 3.63) is 41.6 Å². The smallest absolute Gasteiger partial charge is 0.0443 e. The Morgan fingerprint density at radius 2 is 2.06 bits per heavy atom. The van der Waals surface area contributed by atoms with Gasteiger partial charge < -0.3 is 4.90 Å². The molecule has 1 aliphatic heterocycles. The van der Waals surface area contributed by atoms with Crippen LogP contribution in [0, 0.1) is 6.92 Å². The van der Waals surface area contributed by atoms with Gasteiger partial charge in [-0.1, -0.05) is 38.5 Å². The van der Waals surface area contributed by atoms with Gasteiger partial charge in [0.2, 0.25) is 0 Å². The van der Waals surface area contributed by atoms with Crippen LogP contribution in [0.15, 0.2) is 30.5 Å². The first-order valence-electron chi connectivity index (χ1n) is 6.77. The van der Waals surface area contributed by atoms with Gasteiger partial charge in [-0.3, -0.25) is 0 Å². The van der Waals surface area contributed by atoms with Gasteiger partial charge in [0.05, 0.1) is 0 Å². The zero-order valence-electron chi connectivity index (χ0n) is 11.1. The fourth-order valence-electron chi connectivity index (χ4n) is 2.52. The quantitative estimate of drug-likeness (QED) is 0.689. The Morgan fingerprint density at radius 1 is 1.24 bits per heavy atom. The summed E-state index contributed by atoms with van der Waals surface area (Å²) in [4.78, 5) is 2.43. The van der Waals surface area contributed by atoms with E-state index in [4.69, 9.17) is 0 Å². The van der Waals surface area contributed by atoms with Gasteiger partial charge in [-0.2, -0.15) is 0 Å². The highest BCUT2D eigenvalue weighted by atomic mass is 15.1. The van der Waals surface area contributed by atoms with Gasteiger partial charge >= 0.3 is 0 Å². The van der Waals surface area contributed by atoms with Gasteiger partial charge in [0, 0.05) is 17.9 Å². The molecule has 0 unspecified atom stereocenters. The van der Waals surface area contributed by atoms with Crippen molar-refractivity contribution in [2.24, 2.45) is 0 Å². The van der Waals surface area contributed by atoms with Gasteiger partial charge in [-0.05, 0) is 43.4 Å². The maximum absolute atomic E-state index is 4.23. The van der Waals surface area contributed by atoms with E-state index in [0.29, 0.717) is 0 Å². The highest BCUT2D eigenvalue weighted by Crippen LogP contribution is 2.33. The molecule has 0 bridgehead atoms. The topological polar surface area (TPSA) is 3.24 Å². The average molecular weight is 229 g/mol. The molecule has 0 saturated heterocycles. The number of anilines is 1. The minimum Gasteiger partial charge on any atom is -0.345 e. The molecule has 1 nitrogen and oxygen atoms in total. The van der Waals surface area contributed by atoms with E-state index in [1.165, 1.54) is 41.8 Å². The lowest BCUT2D eigenvalue weighted by Crippen LogP contribution is -2.28. The van der Waals surface area contributed by atoms with Gasteiger partial charge in [0.1, 0.15) is 0 Å². The molecule has 0 radical (unpaired) electrons. The van der Waals surface area contributed by atoms with Gasteiger partial charge in [-0.15, -0.1) is 0 Å². The molecule has 1 aromatic rings. The molecule has 0 atom stereocenters. The monoisotopic (exact) mass is 229 g/mol. The molecule has 17 heavy (non-hydrogen) atoms. The molecule has 0 N–H and O–H groups in total. The van der Waals surface area contributed by atoms with E-state index in [0.717, 1.165) is 19.4 Å². The van der Waals surface area contributed by atoms with E-state index < -0.39 is 0 Å². The summed E-state index contributed by atoms with van der Waals surface area (Å²) in [6.45, 7) is 9.78. The SMILES string of the molecule is C=C1CCc2ccc(C)cc2N1CCCCC. The molecule has 1 heterocycles. The summed E-state index contributed by atoms with van der Waals surface area (Å²) in [6.07, 6.45) is 6.12. The third-order valence-corrected chi connectivity index (χ3v) is 3.58. The third-order valence-electron chi connectivity index (χ3n) is 3.58. The van der Waals surface area contributed by atoms with E-state index in [9.17, 15) is 0 Å². The zero-order chi connectivity index (χ0) is 12.3. The highest BCUT2D eigenvalue weighted by Gasteiger charge is 2.19. The predicted molar refractivity (Wildman–Crippen MR) is 75.5 cm³/mol. The molecule has 92 valence electrons. The van der Waals surface area contributed by atoms with Crippen LogP contribution in [0.1, 0.15) is 43.7 Å². The number of benzene rings is 1. The second-order valence-electron chi connectivity index (χ2n) is 5.06. The number of nitrogens with zero attached hydrogens (tertiary/aromatic N) is 1. The van der Waals surface area contributed by atoms with Crippen molar-refractivity contribution in [1.29, 1.82) is 0 Å². The lowest BCUT2D eigenvalue weighted by Gasteiger charge is -2.33. The van der Waals surface area contributed by atoms with E-state index in [1.807, 2.05) is 0 Å². The first-order chi connectivity index (χ1) is 8.22. The van der Waals surface area contributed by atoms with E-state index in [1.54, 1.807) is 0 Å². The number of unbranched alkanes of at least 4 members (excludes halogenated alkanes) is 2. The summed E-state index contributed by atoms with van der Waals surface area (Å²) in [5.74, 6) is 0. The molecular formula is C16H23N. The molecule has 1 aromatic carbocycles. The predicted octanol–water partition coefficient (Wildman–Crippen LogP) is 4.45. The fourth-order valence-corrected chi connectivity index (χ4v) is 2.52. The van der Waals surface area contributed by atoms with E-state index in [-0.39, 0.29) is 0 Å². The molecular weight excluding hydrogens is 206 g/mol. The normalized spacial score (nSPS) is 14.9. The second kappa shape index (κ2) is 5.39. The van der Waals surface area contributed by atoms with Crippen molar-refractivity contribution < 1.29 is 0 Å². The van der Waals surface area contributed by atoms with E-state index >= 15 is 0 Å². The molecule has 1 heteroatoms. The van der Waals surface area contributed by atoms with Crippen LogP contribution < -0.4 is 4.90 Å². The molecule has 0 saturated carbocycles. The number of hydrogen-bond acceptors (Lipinski definition) is 1. The standard InChI is InChI=1S/C16H23N/c1-4-5-6-11-17-14(3)8-10-15-9-7-13(2)12-16(15)17/h7,9,12H,3-6,8,10-11H2,1-2H3. The Morgan fingerprint density at radius 3 is 2.82 bits per heavy atom. The Balaban J connectivity index is 2.20. The number of rotatable bonds is 4. The van der Waals surface area contributed by atoms with Crippen molar-refractivity contribution in [2.45, 2.75) is 46.0 Å². The minimum atomic E-state index is 1.11. The summed E-state index contributed by atoms with van der Waals surface area (Å²) in [5, 5.41) is 0. The maximum atomic E-state index is 4.23. The largest absolute Gasteiger partial charge is 0.345 e. The molecule has 0 aromatic heterocycles. The van der Waals surface area contributed by atoms with Crippen LogP contribution in [0.5, 0.6) is 0 Å². The van der Waals surface area contributed by atoms with Crippen molar-refractivity contribution in [3.63, 3.8) is 0 Å². The van der Waals surface area contributed by atoms with Crippen LogP contribution in [0.25, 0.3) is 0 Å². The first kappa shape index (κ1) is 12.2. The fraction of sp³-hybridized carbons (Fsp3) is 0.500. The van der Waals surface area contributed by atoms with Crippen LogP contribution in [-0.4, -0.2) is 6.54 Å². The number of fused-ring (bicyclic) bond motifs is 1. The van der Waals surface area contributed by atoms with Crippen LogP contribution in [0.2, 0.25) is 0 Å². The Labute approximate surface area is 105 Å². The minimum absolute atomic E-state index is 1.11. The molecule has 0 amide bonds. The second-order valence-corrected chi connectivity index (χ2v) is 5.06. The molecule has 2 rings (SSSR count). The van der Waals surface area contributed by atoms with Gasteiger partial charge in [0.15, 0.2) is 0 Å². The number of aryl methyl sites for hydroxylation is 2. The summed E-state index contributed by atoms with van der Waals surface area (Å²) in [7, 11) is 0. The van der Waals surface area contributed by atoms with Crippen molar-refractivity contribution in [3.8, 4) is 0 Å². The molecule has 0 fully saturated rings. The average Bonchev–Trinajstić information content (AvgIpc) is 2.32. The first-order valence-corrected chi connectivity index (χ1v) is 6.77. The summed E-state index contributed by atoms with van der Waals surface area (Å²) in [5.41, 5.74) is 5.52. The van der Waals surface area contributed by atoms with Crippen LogP contribution in [0.3, 0.4) is 0 Å². The summed E-state index contributed by atoms with van der Waals surface area (Å²) in [6, 6.07) is 6.81. The van der Waals surface area contributed by atoms with Crippen LogP contribution in [-0.2, 0) is 6.42 Å². The van der Waals surface area contributed by atoms with Crippen LogP contribution >= 0.6 is 0 Å². The Kier molecular flexibility index (Phi) is 3.88. The highest BCUT2D eigenvalue weighted by molar-refractivity contribution is 5.61. The Hall–Kier alpha value is -1.24. The summed E-state index contributed by atoms with van der Waals surface area (Å²) >= 11 is 0. The van der Waals surface area contributed by atoms with Crippen molar-refractivity contribution in [2.75, 3.05) is 11.4 Å². The lowest BCUT2D eigenvalue weighted by molar-refractivity contribution is 0.682. The Bertz CT molecular complexity index is 406. The lowest BCUT2D eigenvalue weighted by atomic mass is 9.97.